The van der Waals surface area contributed by atoms with Crippen LogP contribution in [0.2, 0.25) is 0 Å². The lowest BCUT2D eigenvalue weighted by molar-refractivity contribution is 0.0894. The van der Waals surface area contributed by atoms with Crippen LogP contribution in [0.1, 0.15) is 32.6 Å². The van der Waals surface area contributed by atoms with E-state index < -0.39 is 0 Å². The van der Waals surface area contributed by atoms with Crippen molar-refractivity contribution in [1.82, 2.24) is 0 Å². The molecule has 0 aromatic heterocycles. The summed E-state index contributed by atoms with van der Waals surface area (Å²) in [4.78, 5) is 0. The third-order valence-corrected chi connectivity index (χ3v) is 3.30. The predicted molar refractivity (Wildman–Crippen MR) is 64.6 cm³/mol. The van der Waals surface area contributed by atoms with E-state index in [2.05, 4.69) is 6.92 Å². The van der Waals surface area contributed by atoms with Crippen molar-refractivity contribution in [1.29, 1.82) is 0 Å². The van der Waals surface area contributed by atoms with Crippen molar-refractivity contribution in [2.45, 2.75) is 38.3 Å². The predicted octanol–water partition coefficient (Wildman–Crippen LogP) is -0.386. The Morgan fingerprint density at radius 3 is 2.54 bits per heavy atom. The lowest BCUT2D eigenvalue weighted by Gasteiger charge is -2.11. The maximum atomic E-state index is 5.68. The van der Waals surface area contributed by atoms with Gasteiger partial charge < -0.3 is 9.47 Å². The number of hydrogen-bond donors (Lipinski definition) is 0. The van der Waals surface area contributed by atoms with Gasteiger partial charge in [-0.15, -0.1) is 0 Å². The van der Waals surface area contributed by atoms with Crippen LogP contribution in [0.25, 0.3) is 0 Å². The van der Waals surface area contributed by atoms with E-state index in [1.807, 2.05) is 0 Å². The molecule has 0 saturated carbocycles. The van der Waals surface area contributed by atoms with Gasteiger partial charge in [-0.1, -0.05) is 13.3 Å². The third-order valence-electron chi connectivity index (χ3n) is 1.98. The lowest BCUT2D eigenvalue weighted by Crippen LogP contribution is -2.13. The molecule has 0 N–H and O–H groups in total. The molecule has 0 aromatic carbocycles. The van der Waals surface area contributed by atoms with Gasteiger partial charge in [-0.3, -0.25) is 0 Å². The highest BCUT2D eigenvalue weighted by Gasteiger charge is 1.98. The average molecular weight is 220 g/mol. The fourth-order valence-corrected chi connectivity index (χ4v) is 2.33. The van der Waals surface area contributed by atoms with Crippen molar-refractivity contribution in [3.63, 3.8) is 0 Å². The van der Waals surface area contributed by atoms with Gasteiger partial charge in [0, 0.05) is 45.7 Å². The molecule has 0 rings (SSSR count). The van der Waals surface area contributed by atoms with Crippen LogP contribution >= 0.6 is 0 Å². The molecular formula is C9H24O2Si2. The number of unbranched alkanes of at least 4 members (excludes halogenated alkanes) is 1. The van der Waals surface area contributed by atoms with E-state index in [0.29, 0.717) is 5.73 Å². The fraction of sp³-hybridized carbons (Fsp3) is 1.00. The number of hydrogen-bond acceptors (Lipinski definition) is 2. The molecular weight excluding hydrogens is 196 g/mol. The normalized spacial score (nSPS) is 13.6. The minimum absolute atomic E-state index is 0.574. The first-order valence-corrected chi connectivity index (χ1v) is 8.07. The summed E-state index contributed by atoms with van der Waals surface area (Å²) in [5.74, 6) is 0. The Morgan fingerprint density at radius 2 is 1.92 bits per heavy atom. The highest BCUT2D eigenvalue weighted by atomic mass is 28.1. The van der Waals surface area contributed by atoms with Crippen LogP contribution in [-0.2, 0) is 9.47 Å². The second-order valence-electron chi connectivity index (χ2n) is 3.37. The van der Waals surface area contributed by atoms with Crippen molar-refractivity contribution >= 4 is 20.5 Å². The van der Waals surface area contributed by atoms with Crippen LogP contribution in [0.4, 0.5) is 0 Å². The molecule has 0 radical (unpaired) electrons. The highest BCUT2D eigenvalue weighted by Crippen LogP contribution is 1.99. The molecule has 0 fully saturated rings. The van der Waals surface area contributed by atoms with Gasteiger partial charge in [0.05, 0.1) is 0 Å². The largest absolute Gasteiger partial charge is 0.386 e. The maximum Gasteiger partial charge on any atom is 0.0465 e. The Hall–Kier alpha value is 0.354. The Morgan fingerprint density at radius 1 is 1.23 bits per heavy atom. The first-order valence-electron chi connectivity index (χ1n) is 5.50. The van der Waals surface area contributed by atoms with E-state index in [4.69, 9.17) is 9.47 Å². The number of rotatable bonds is 9. The molecule has 0 bridgehead atoms. The van der Waals surface area contributed by atoms with Gasteiger partial charge in [0.2, 0.25) is 0 Å². The van der Waals surface area contributed by atoms with Gasteiger partial charge in [0.15, 0.2) is 0 Å². The Bertz CT molecular complexity index is 102. The molecule has 80 valence electrons. The first kappa shape index (κ1) is 13.4. The van der Waals surface area contributed by atoms with E-state index >= 15 is 0 Å². The second-order valence-corrected chi connectivity index (χ2v) is 5.24. The minimum atomic E-state index is 0.574. The van der Waals surface area contributed by atoms with Gasteiger partial charge in [-0.05, 0) is 19.3 Å². The van der Waals surface area contributed by atoms with E-state index in [0.717, 1.165) is 42.5 Å². The molecule has 0 amide bonds. The Kier molecular flexibility index (Phi) is 10.7. The standard InChI is InChI=1S/C9H24O2Si2/c1-2-5-9(13)11-7-4-3-6-10-8-12/h9H,2-8H2,1,12-13H3. The summed E-state index contributed by atoms with van der Waals surface area (Å²) in [6.07, 6.45) is 5.77. The molecule has 1 atom stereocenters. The summed E-state index contributed by atoms with van der Waals surface area (Å²) in [5.41, 5.74) is 0.574. The Labute approximate surface area is 88.2 Å². The third kappa shape index (κ3) is 10.3. The molecule has 0 heterocycles. The van der Waals surface area contributed by atoms with E-state index in [1.54, 1.807) is 0 Å². The SMILES string of the molecule is CCCC([SiH3])OCCCCOC[SiH3]. The van der Waals surface area contributed by atoms with Crippen molar-refractivity contribution in [2.24, 2.45) is 0 Å². The van der Waals surface area contributed by atoms with Gasteiger partial charge >= 0.3 is 0 Å². The van der Waals surface area contributed by atoms with Crippen molar-refractivity contribution in [3.8, 4) is 0 Å². The van der Waals surface area contributed by atoms with Crippen LogP contribution in [0, 0.1) is 0 Å². The summed E-state index contributed by atoms with van der Waals surface area (Å²) in [5, 5.41) is 0. The molecule has 13 heavy (non-hydrogen) atoms. The van der Waals surface area contributed by atoms with Crippen molar-refractivity contribution in [2.75, 3.05) is 19.4 Å². The zero-order valence-electron chi connectivity index (χ0n) is 9.34. The summed E-state index contributed by atoms with van der Waals surface area (Å²) in [6, 6.07) is 0. The number of ether oxygens (including phenoxy) is 2. The monoisotopic (exact) mass is 220 g/mol. The molecule has 0 aromatic rings. The van der Waals surface area contributed by atoms with E-state index in [-0.39, 0.29) is 0 Å². The van der Waals surface area contributed by atoms with Crippen molar-refractivity contribution < 1.29 is 9.47 Å². The zero-order chi connectivity index (χ0) is 9.94. The van der Waals surface area contributed by atoms with E-state index in [1.165, 1.54) is 23.1 Å². The molecule has 4 heteroatoms. The summed E-state index contributed by atoms with van der Waals surface area (Å²) in [6.45, 7) is 4.07. The molecule has 0 spiro atoms. The van der Waals surface area contributed by atoms with E-state index in [9.17, 15) is 0 Å². The van der Waals surface area contributed by atoms with Gasteiger partial charge in [-0.2, -0.15) is 0 Å². The van der Waals surface area contributed by atoms with Crippen LogP contribution in [0.3, 0.4) is 0 Å². The average Bonchev–Trinajstić information content (AvgIpc) is 2.11. The van der Waals surface area contributed by atoms with Crippen LogP contribution in [-0.4, -0.2) is 45.7 Å². The van der Waals surface area contributed by atoms with Gasteiger partial charge in [-0.25, -0.2) is 0 Å². The Balaban J connectivity index is 2.97. The quantitative estimate of drug-likeness (QED) is 0.389. The van der Waals surface area contributed by atoms with Crippen molar-refractivity contribution in [3.05, 3.63) is 0 Å². The summed E-state index contributed by atoms with van der Waals surface area (Å²) < 4.78 is 11.0. The molecule has 1 unspecified atom stereocenters. The zero-order valence-corrected chi connectivity index (χ0v) is 13.3. The molecule has 0 aliphatic heterocycles. The smallest absolute Gasteiger partial charge is 0.0465 e. The maximum absolute atomic E-state index is 5.68. The minimum Gasteiger partial charge on any atom is -0.386 e. The highest BCUT2D eigenvalue weighted by molar-refractivity contribution is 6.10. The van der Waals surface area contributed by atoms with Crippen LogP contribution in [0.15, 0.2) is 0 Å². The molecule has 0 saturated heterocycles. The second kappa shape index (κ2) is 10.4. The fourth-order valence-electron chi connectivity index (χ4n) is 1.22. The van der Waals surface area contributed by atoms with Crippen LogP contribution < -0.4 is 0 Å². The van der Waals surface area contributed by atoms with Gasteiger partial charge in [0.25, 0.3) is 0 Å². The summed E-state index contributed by atoms with van der Waals surface area (Å²) >= 11 is 0. The lowest BCUT2D eigenvalue weighted by atomic mass is 10.3. The molecule has 0 aliphatic carbocycles. The first-order chi connectivity index (χ1) is 6.31. The molecule has 0 aliphatic rings. The van der Waals surface area contributed by atoms with Crippen LogP contribution in [0.5, 0.6) is 0 Å². The summed E-state index contributed by atoms with van der Waals surface area (Å²) in [7, 11) is 2.33. The molecule has 2 nitrogen and oxygen atoms in total. The topological polar surface area (TPSA) is 18.5 Å². The van der Waals surface area contributed by atoms with Gasteiger partial charge in [0.1, 0.15) is 0 Å².